The Labute approximate surface area is 128 Å². The van der Waals surface area contributed by atoms with Crippen molar-refractivity contribution in [2.24, 2.45) is 5.73 Å². The van der Waals surface area contributed by atoms with Crippen molar-refractivity contribution in [1.29, 1.82) is 0 Å². The molecule has 0 spiro atoms. The predicted molar refractivity (Wildman–Crippen MR) is 85.6 cm³/mol. The molecule has 1 fully saturated rings. The van der Waals surface area contributed by atoms with Gasteiger partial charge in [0.1, 0.15) is 0 Å². The van der Waals surface area contributed by atoms with Crippen LogP contribution in [0.15, 0.2) is 29.2 Å². The first-order valence-corrected chi connectivity index (χ1v) is 9.36. The van der Waals surface area contributed by atoms with Crippen LogP contribution in [0.3, 0.4) is 0 Å². The summed E-state index contributed by atoms with van der Waals surface area (Å²) in [4.78, 5) is 0.349. The third kappa shape index (κ3) is 4.80. The summed E-state index contributed by atoms with van der Waals surface area (Å²) in [5.41, 5.74) is 7.02. The maximum absolute atomic E-state index is 12.3. The maximum Gasteiger partial charge on any atom is 0.240 e. The summed E-state index contributed by atoms with van der Waals surface area (Å²) in [6.07, 6.45) is 7.02. The molecule has 0 aliphatic heterocycles. The molecule has 0 bridgehead atoms. The van der Waals surface area contributed by atoms with Crippen LogP contribution < -0.4 is 10.5 Å². The molecule has 2 rings (SSSR count). The first-order chi connectivity index (χ1) is 10.0. The maximum atomic E-state index is 12.3. The summed E-state index contributed by atoms with van der Waals surface area (Å²) in [5.74, 6) is 0. The van der Waals surface area contributed by atoms with Gasteiger partial charge in [-0.05, 0) is 49.8 Å². The second-order valence-corrected chi connectivity index (χ2v) is 7.71. The number of nitrogens with one attached hydrogen (secondary N) is 1. The van der Waals surface area contributed by atoms with E-state index >= 15 is 0 Å². The summed E-state index contributed by atoms with van der Waals surface area (Å²) in [7, 11) is -3.41. The normalized spacial score (nSPS) is 22.6. The van der Waals surface area contributed by atoms with Gasteiger partial charge in [0.25, 0.3) is 0 Å². The molecule has 1 aliphatic carbocycles. The highest BCUT2D eigenvalue weighted by atomic mass is 32.2. The van der Waals surface area contributed by atoms with Gasteiger partial charge >= 0.3 is 0 Å². The largest absolute Gasteiger partial charge is 0.328 e. The van der Waals surface area contributed by atoms with E-state index in [2.05, 4.69) is 11.6 Å². The van der Waals surface area contributed by atoms with Crippen molar-refractivity contribution in [1.82, 2.24) is 4.72 Å². The van der Waals surface area contributed by atoms with E-state index in [9.17, 15) is 8.42 Å². The van der Waals surface area contributed by atoms with Gasteiger partial charge in [-0.1, -0.05) is 31.9 Å². The molecule has 0 radical (unpaired) electrons. The monoisotopic (exact) mass is 310 g/mol. The molecule has 0 amide bonds. The minimum atomic E-state index is -3.41. The molecular formula is C16H26N2O2S. The van der Waals surface area contributed by atoms with Gasteiger partial charge < -0.3 is 5.73 Å². The number of nitrogens with two attached hydrogens (primary N) is 1. The molecule has 1 aromatic rings. The van der Waals surface area contributed by atoms with E-state index in [1.54, 1.807) is 12.1 Å². The lowest BCUT2D eigenvalue weighted by molar-refractivity contribution is 0.548. The molecule has 5 heteroatoms. The smallest absolute Gasteiger partial charge is 0.240 e. The summed E-state index contributed by atoms with van der Waals surface area (Å²) in [5, 5.41) is 0. The molecule has 1 aromatic carbocycles. The summed E-state index contributed by atoms with van der Waals surface area (Å²) in [6, 6.07) is 7.36. The third-order valence-corrected chi connectivity index (χ3v) is 5.63. The molecule has 0 aromatic heterocycles. The van der Waals surface area contributed by atoms with Crippen LogP contribution in [-0.2, 0) is 16.4 Å². The lowest BCUT2D eigenvalue weighted by Gasteiger charge is -2.13. The second-order valence-electron chi connectivity index (χ2n) is 5.99. The fourth-order valence-corrected chi connectivity index (χ4v) is 4.11. The van der Waals surface area contributed by atoms with Crippen molar-refractivity contribution in [3.05, 3.63) is 29.8 Å². The van der Waals surface area contributed by atoms with Crippen molar-refractivity contribution >= 4 is 10.0 Å². The van der Waals surface area contributed by atoms with Crippen LogP contribution >= 0.6 is 0 Å². The van der Waals surface area contributed by atoms with Gasteiger partial charge in [-0.2, -0.15) is 0 Å². The van der Waals surface area contributed by atoms with Crippen LogP contribution in [0.1, 0.15) is 51.0 Å². The fourth-order valence-electron chi connectivity index (χ4n) is 2.83. The average Bonchev–Trinajstić information content (AvgIpc) is 2.84. The van der Waals surface area contributed by atoms with Gasteiger partial charge in [-0.25, -0.2) is 13.1 Å². The zero-order chi connectivity index (χ0) is 15.3. The lowest BCUT2D eigenvalue weighted by atomic mass is 10.1. The van der Waals surface area contributed by atoms with E-state index in [-0.39, 0.29) is 12.1 Å². The van der Waals surface area contributed by atoms with Gasteiger partial charge in [0.05, 0.1) is 4.90 Å². The third-order valence-electron chi connectivity index (χ3n) is 4.10. The van der Waals surface area contributed by atoms with Gasteiger partial charge in [0, 0.05) is 12.1 Å². The van der Waals surface area contributed by atoms with E-state index in [0.717, 1.165) is 32.1 Å². The second kappa shape index (κ2) is 7.38. The molecule has 4 nitrogen and oxygen atoms in total. The van der Waals surface area contributed by atoms with Crippen LogP contribution in [0.5, 0.6) is 0 Å². The van der Waals surface area contributed by atoms with Gasteiger partial charge in [0.2, 0.25) is 10.0 Å². The minimum Gasteiger partial charge on any atom is -0.328 e. The number of unbranched alkanes of at least 4 members (excludes halogenated alkanes) is 2. The lowest BCUT2D eigenvalue weighted by Crippen LogP contribution is -2.34. The zero-order valence-electron chi connectivity index (χ0n) is 12.7. The number of hydrogen-bond acceptors (Lipinski definition) is 3. The highest BCUT2D eigenvalue weighted by molar-refractivity contribution is 7.89. The number of hydrogen-bond donors (Lipinski definition) is 2. The SMILES string of the molecule is CCCCCc1ccc(S(=O)(=O)N[C@@H]2CC[C@@H](N)C2)cc1. The van der Waals surface area contributed by atoms with E-state index in [0.29, 0.717) is 4.90 Å². The number of benzene rings is 1. The van der Waals surface area contributed by atoms with Crippen LogP contribution in [-0.4, -0.2) is 20.5 Å². The minimum absolute atomic E-state index is 0.0192. The highest BCUT2D eigenvalue weighted by Crippen LogP contribution is 2.20. The molecule has 1 saturated carbocycles. The molecule has 1 aliphatic rings. The Kier molecular flexibility index (Phi) is 5.79. The average molecular weight is 310 g/mol. The first kappa shape index (κ1) is 16.5. The summed E-state index contributed by atoms with van der Waals surface area (Å²) >= 11 is 0. The Morgan fingerprint density at radius 2 is 1.90 bits per heavy atom. The molecule has 3 N–H and O–H groups in total. The van der Waals surface area contributed by atoms with E-state index in [1.807, 2.05) is 12.1 Å². The fraction of sp³-hybridized carbons (Fsp3) is 0.625. The quantitative estimate of drug-likeness (QED) is 0.760. The zero-order valence-corrected chi connectivity index (χ0v) is 13.5. The summed E-state index contributed by atoms with van der Waals surface area (Å²) in [6.45, 7) is 2.18. The Hall–Kier alpha value is -0.910. The van der Waals surface area contributed by atoms with Crippen molar-refractivity contribution in [2.45, 2.75) is 68.8 Å². The van der Waals surface area contributed by atoms with Crippen molar-refractivity contribution in [3.63, 3.8) is 0 Å². The Bertz CT molecular complexity index is 540. The Morgan fingerprint density at radius 3 is 2.48 bits per heavy atom. The van der Waals surface area contributed by atoms with Crippen molar-refractivity contribution in [3.8, 4) is 0 Å². The molecule has 0 saturated heterocycles. The van der Waals surface area contributed by atoms with Gasteiger partial charge in [-0.3, -0.25) is 0 Å². The van der Waals surface area contributed by atoms with E-state index in [1.165, 1.54) is 18.4 Å². The topological polar surface area (TPSA) is 72.2 Å². The van der Waals surface area contributed by atoms with Crippen molar-refractivity contribution < 1.29 is 8.42 Å². The first-order valence-electron chi connectivity index (χ1n) is 7.88. The number of rotatable bonds is 7. The van der Waals surface area contributed by atoms with E-state index < -0.39 is 10.0 Å². The number of sulfonamides is 1. The molecule has 2 atom stereocenters. The highest BCUT2D eigenvalue weighted by Gasteiger charge is 2.26. The van der Waals surface area contributed by atoms with E-state index in [4.69, 9.17) is 5.73 Å². The molecule has 118 valence electrons. The van der Waals surface area contributed by atoms with Crippen LogP contribution in [0.4, 0.5) is 0 Å². The number of aryl methyl sites for hydroxylation is 1. The van der Waals surface area contributed by atoms with Gasteiger partial charge in [-0.15, -0.1) is 0 Å². The van der Waals surface area contributed by atoms with Crippen LogP contribution in [0.2, 0.25) is 0 Å². The van der Waals surface area contributed by atoms with Crippen LogP contribution in [0.25, 0.3) is 0 Å². The molecule has 21 heavy (non-hydrogen) atoms. The molecular weight excluding hydrogens is 284 g/mol. The molecule has 0 unspecified atom stereocenters. The van der Waals surface area contributed by atoms with Gasteiger partial charge in [0.15, 0.2) is 0 Å². The van der Waals surface area contributed by atoms with Crippen LogP contribution in [0, 0.1) is 0 Å². The predicted octanol–water partition coefficient (Wildman–Crippen LogP) is 2.58. The van der Waals surface area contributed by atoms with Crippen molar-refractivity contribution in [2.75, 3.05) is 0 Å². The standard InChI is InChI=1S/C16H26N2O2S/c1-2-3-4-5-13-6-10-16(11-7-13)21(19,20)18-15-9-8-14(17)12-15/h6-7,10-11,14-15,18H,2-5,8-9,12,17H2,1H3/t14-,15-/m1/s1. The Morgan fingerprint density at radius 1 is 1.19 bits per heavy atom. The Balaban J connectivity index is 1.96. The summed E-state index contributed by atoms with van der Waals surface area (Å²) < 4.78 is 27.4. The molecule has 0 heterocycles.